The Morgan fingerprint density at radius 1 is 1.14 bits per heavy atom. The van der Waals surface area contributed by atoms with Gasteiger partial charge in [-0.3, -0.25) is 20.2 Å². The van der Waals surface area contributed by atoms with Crippen LogP contribution >= 0.6 is 11.6 Å². The lowest BCUT2D eigenvalue weighted by Gasteiger charge is -2.10. The average molecular weight is 406 g/mol. The van der Waals surface area contributed by atoms with E-state index in [0.29, 0.717) is 5.69 Å². The van der Waals surface area contributed by atoms with Gasteiger partial charge in [-0.05, 0) is 37.6 Å². The van der Waals surface area contributed by atoms with Crippen LogP contribution in [0.3, 0.4) is 0 Å². The van der Waals surface area contributed by atoms with Gasteiger partial charge in [-0.15, -0.1) is 0 Å². The zero-order valence-corrected chi connectivity index (χ0v) is 15.7. The van der Waals surface area contributed by atoms with Crippen LogP contribution in [0.2, 0.25) is 5.02 Å². The van der Waals surface area contributed by atoms with Gasteiger partial charge >= 0.3 is 12.0 Å². The molecule has 9 nitrogen and oxygen atoms in total. The first-order chi connectivity index (χ1) is 13.2. The first-order valence-electron chi connectivity index (χ1n) is 7.96. The molecule has 0 spiro atoms. The molecule has 0 unspecified atom stereocenters. The Labute approximate surface area is 164 Å². The third-order valence-corrected chi connectivity index (χ3v) is 3.83. The average Bonchev–Trinajstić information content (AvgIpc) is 2.61. The van der Waals surface area contributed by atoms with Crippen molar-refractivity contribution in [2.24, 2.45) is 0 Å². The lowest BCUT2D eigenvalue weighted by molar-refractivity contribution is -0.385. The molecule has 3 amide bonds. The molecular weight excluding hydrogens is 390 g/mol. The number of nitrogens with zero attached hydrogens (tertiary/aromatic N) is 1. The number of halogens is 1. The number of esters is 1. The Kier molecular flexibility index (Phi) is 6.67. The van der Waals surface area contributed by atoms with E-state index in [1.54, 1.807) is 19.1 Å². The van der Waals surface area contributed by atoms with Crippen LogP contribution in [-0.4, -0.2) is 29.4 Å². The van der Waals surface area contributed by atoms with Gasteiger partial charge < -0.3 is 10.1 Å². The molecule has 0 aliphatic rings. The van der Waals surface area contributed by atoms with Gasteiger partial charge in [0.05, 0.1) is 4.92 Å². The summed E-state index contributed by atoms with van der Waals surface area (Å²) in [6.07, 6.45) is 0. The SMILES string of the molecule is Cc1ccc(NC(=O)NC(=O)COC(=O)c2cc(Cl)ccc2[N+](=O)[O-])c(C)c1. The van der Waals surface area contributed by atoms with Gasteiger partial charge in [0.2, 0.25) is 0 Å². The second kappa shape index (κ2) is 8.96. The predicted molar refractivity (Wildman–Crippen MR) is 101 cm³/mol. The number of anilines is 1. The second-order valence-electron chi connectivity index (χ2n) is 5.82. The molecule has 146 valence electrons. The van der Waals surface area contributed by atoms with Crippen molar-refractivity contribution in [2.45, 2.75) is 13.8 Å². The quantitative estimate of drug-likeness (QED) is 0.446. The van der Waals surface area contributed by atoms with Crippen molar-refractivity contribution in [2.75, 3.05) is 11.9 Å². The molecule has 0 aliphatic heterocycles. The lowest BCUT2D eigenvalue weighted by atomic mass is 10.1. The number of nitrogens with one attached hydrogen (secondary N) is 2. The van der Waals surface area contributed by atoms with E-state index in [1.165, 1.54) is 6.07 Å². The molecule has 0 saturated carbocycles. The maximum absolute atomic E-state index is 12.0. The highest BCUT2D eigenvalue weighted by molar-refractivity contribution is 6.31. The number of urea groups is 1. The molecular formula is C18H16ClN3O6. The molecule has 0 radical (unpaired) electrons. The second-order valence-corrected chi connectivity index (χ2v) is 6.25. The Morgan fingerprint density at radius 2 is 1.86 bits per heavy atom. The van der Waals surface area contributed by atoms with Crippen LogP contribution in [0.1, 0.15) is 21.5 Å². The molecule has 2 N–H and O–H groups in total. The summed E-state index contributed by atoms with van der Waals surface area (Å²) in [7, 11) is 0. The minimum absolute atomic E-state index is 0.0925. The first-order valence-corrected chi connectivity index (χ1v) is 8.34. The van der Waals surface area contributed by atoms with Gasteiger partial charge in [-0.1, -0.05) is 29.3 Å². The minimum Gasteiger partial charge on any atom is -0.452 e. The molecule has 2 aromatic carbocycles. The molecule has 10 heteroatoms. The van der Waals surface area contributed by atoms with Crippen LogP contribution in [0.4, 0.5) is 16.2 Å². The van der Waals surface area contributed by atoms with Crippen molar-refractivity contribution < 1.29 is 24.0 Å². The van der Waals surface area contributed by atoms with Crippen molar-refractivity contribution in [3.05, 3.63) is 68.2 Å². The summed E-state index contributed by atoms with van der Waals surface area (Å²) in [5, 5.41) is 15.6. The molecule has 2 rings (SSSR count). The molecule has 0 saturated heterocycles. The largest absolute Gasteiger partial charge is 0.452 e. The summed E-state index contributed by atoms with van der Waals surface area (Å²) < 4.78 is 4.73. The molecule has 0 aliphatic carbocycles. The van der Waals surface area contributed by atoms with E-state index >= 15 is 0 Å². The number of hydrogen-bond acceptors (Lipinski definition) is 6. The van der Waals surface area contributed by atoms with E-state index in [9.17, 15) is 24.5 Å². The molecule has 0 heterocycles. The number of carbonyl (C=O) groups is 3. The Hall–Kier alpha value is -3.46. The Morgan fingerprint density at radius 3 is 2.50 bits per heavy atom. The summed E-state index contributed by atoms with van der Waals surface area (Å²) in [5.41, 5.74) is 1.43. The summed E-state index contributed by atoms with van der Waals surface area (Å²) in [5.74, 6) is -2.01. The van der Waals surface area contributed by atoms with Gasteiger partial charge in [0.25, 0.3) is 11.6 Å². The third kappa shape index (κ3) is 5.52. The number of nitro groups is 1. The molecule has 0 bridgehead atoms. The fourth-order valence-corrected chi connectivity index (χ4v) is 2.48. The van der Waals surface area contributed by atoms with E-state index in [4.69, 9.17) is 16.3 Å². The van der Waals surface area contributed by atoms with Crippen molar-refractivity contribution in [1.82, 2.24) is 5.32 Å². The normalized spacial score (nSPS) is 10.1. The van der Waals surface area contributed by atoms with Crippen LogP contribution < -0.4 is 10.6 Å². The smallest absolute Gasteiger partial charge is 0.345 e. The minimum atomic E-state index is -1.11. The third-order valence-electron chi connectivity index (χ3n) is 3.59. The monoisotopic (exact) mass is 405 g/mol. The zero-order chi connectivity index (χ0) is 20.8. The van der Waals surface area contributed by atoms with Gasteiger partial charge in [-0.25, -0.2) is 9.59 Å². The molecule has 0 atom stereocenters. The number of ether oxygens (including phenoxy) is 1. The van der Waals surface area contributed by atoms with Crippen molar-refractivity contribution in [3.63, 3.8) is 0 Å². The highest BCUT2D eigenvalue weighted by atomic mass is 35.5. The van der Waals surface area contributed by atoms with Gasteiger partial charge in [0.1, 0.15) is 5.56 Å². The van der Waals surface area contributed by atoms with Crippen LogP contribution in [0, 0.1) is 24.0 Å². The number of nitro benzene ring substituents is 1. The van der Waals surface area contributed by atoms with Crippen molar-refractivity contribution >= 4 is 40.9 Å². The van der Waals surface area contributed by atoms with Gasteiger partial charge in [-0.2, -0.15) is 0 Å². The van der Waals surface area contributed by atoms with E-state index in [-0.39, 0.29) is 5.02 Å². The highest BCUT2D eigenvalue weighted by Crippen LogP contribution is 2.23. The van der Waals surface area contributed by atoms with Crippen LogP contribution in [0.25, 0.3) is 0 Å². The van der Waals surface area contributed by atoms with E-state index < -0.39 is 40.7 Å². The summed E-state index contributed by atoms with van der Waals surface area (Å²) in [4.78, 5) is 45.9. The highest BCUT2D eigenvalue weighted by Gasteiger charge is 2.23. The number of rotatable bonds is 5. The topological polar surface area (TPSA) is 128 Å². The predicted octanol–water partition coefficient (Wildman–Crippen LogP) is 3.37. The van der Waals surface area contributed by atoms with Crippen LogP contribution in [-0.2, 0) is 9.53 Å². The Balaban J connectivity index is 1.93. The summed E-state index contributed by atoms with van der Waals surface area (Å²) >= 11 is 5.73. The summed E-state index contributed by atoms with van der Waals surface area (Å²) in [6, 6.07) is 7.90. The fraction of sp³-hybridized carbons (Fsp3) is 0.167. The molecule has 2 aromatic rings. The first kappa shape index (κ1) is 20.8. The van der Waals surface area contributed by atoms with E-state index in [2.05, 4.69) is 5.32 Å². The maximum Gasteiger partial charge on any atom is 0.345 e. The Bertz CT molecular complexity index is 960. The number of benzene rings is 2. The van der Waals surface area contributed by atoms with E-state index in [1.807, 2.05) is 18.3 Å². The molecule has 0 fully saturated rings. The standard InChI is InChI=1S/C18H16ClN3O6/c1-10-3-5-14(11(2)7-10)20-18(25)21-16(23)9-28-17(24)13-8-12(19)4-6-15(13)22(26)27/h3-8H,9H2,1-2H3,(H2,20,21,23,25). The number of imide groups is 1. The number of amides is 3. The number of carbonyl (C=O) groups excluding carboxylic acids is 3. The van der Waals surface area contributed by atoms with Crippen LogP contribution in [0.5, 0.6) is 0 Å². The van der Waals surface area contributed by atoms with Crippen molar-refractivity contribution in [3.8, 4) is 0 Å². The lowest BCUT2D eigenvalue weighted by Crippen LogP contribution is -2.37. The maximum atomic E-state index is 12.0. The fourth-order valence-electron chi connectivity index (χ4n) is 2.31. The molecule has 0 aromatic heterocycles. The van der Waals surface area contributed by atoms with E-state index in [0.717, 1.165) is 23.3 Å². The van der Waals surface area contributed by atoms with Gasteiger partial charge in [0, 0.05) is 16.8 Å². The van der Waals surface area contributed by atoms with Crippen molar-refractivity contribution in [1.29, 1.82) is 0 Å². The zero-order valence-electron chi connectivity index (χ0n) is 14.9. The summed E-state index contributed by atoms with van der Waals surface area (Å²) in [6.45, 7) is 2.89. The molecule has 28 heavy (non-hydrogen) atoms. The number of hydrogen-bond donors (Lipinski definition) is 2. The van der Waals surface area contributed by atoms with Crippen LogP contribution in [0.15, 0.2) is 36.4 Å². The number of aryl methyl sites for hydroxylation is 2. The van der Waals surface area contributed by atoms with Gasteiger partial charge in [0.15, 0.2) is 6.61 Å².